The van der Waals surface area contributed by atoms with E-state index in [2.05, 4.69) is 18.0 Å². The van der Waals surface area contributed by atoms with Crippen LogP contribution in [0.4, 0.5) is 0 Å². The lowest BCUT2D eigenvalue weighted by Gasteiger charge is -2.23. The van der Waals surface area contributed by atoms with Gasteiger partial charge in [0.25, 0.3) is 0 Å². The Labute approximate surface area is 142 Å². The summed E-state index contributed by atoms with van der Waals surface area (Å²) >= 11 is 0. The Balaban J connectivity index is 2.07. The summed E-state index contributed by atoms with van der Waals surface area (Å²) in [7, 11) is 5.38. The van der Waals surface area contributed by atoms with E-state index in [-0.39, 0.29) is 0 Å². The smallest absolute Gasteiger partial charge is 0.161 e. The predicted molar refractivity (Wildman–Crippen MR) is 91.0 cm³/mol. The molecule has 6 nitrogen and oxygen atoms in total. The molecule has 0 saturated heterocycles. The molecule has 0 radical (unpaired) electrons. The molecule has 0 aliphatic carbocycles. The molecule has 0 saturated carbocycles. The molecule has 2 heterocycles. The van der Waals surface area contributed by atoms with E-state index in [0.717, 1.165) is 30.8 Å². The van der Waals surface area contributed by atoms with Crippen molar-refractivity contribution < 1.29 is 9.47 Å². The molecule has 3 rings (SSSR count). The maximum atomic E-state index is 8.89. The number of ether oxygens (including phenoxy) is 2. The SMILES string of the molecule is COc1ccc(-c2nn(CCC#N)c3c2CN(C)CC3)cc1OC. The summed E-state index contributed by atoms with van der Waals surface area (Å²) in [6, 6.07) is 8.08. The predicted octanol–water partition coefficient (Wildman–Crippen LogP) is 2.47. The van der Waals surface area contributed by atoms with Crippen LogP contribution >= 0.6 is 0 Å². The first-order valence-corrected chi connectivity index (χ1v) is 8.04. The molecule has 0 unspecified atom stereocenters. The largest absolute Gasteiger partial charge is 0.493 e. The summed E-state index contributed by atoms with van der Waals surface area (Å²) < 4.78 is 12.7. The summed E-state index contributed by atoms with van der Waals surface area (Å²) in [5.74, 6) is 1.40. The van der Waals surface area contributed by atoms with Crippen LogP contribution in [0.1, 0.15) is 17.7 Å². The highest BCUT2D eigenvalue weighted by Gasteiger charge is 2.24. The van der Waals surface area contributed by atoms with Crippen LogP contribution in [0.2, 0.25) is 0 Å². The minimum absolute atomic E-state index is 0.468. The van der Waals surface area contributed by atoms with E-state index in [1.54, 1.807) is 14.2 Å². The second-order valence-electron chi connectivity index (χ2n) is 5.96. The molecule has 1 aromatic heterocycles. The highest BCUT2D eigenvalue weighted by atomic mass is 16.5. The van der Waals surface area contributed by atoms with Gasteiger partial charge in [-0.15, -0.1) is 0 Å². The molecule has 0 amide bonds. The van der Waals surface area contributed by atoms with Crippen LogP contribution in [-0.2, 0) is 19.5 Å². The number of hydrogen-bond donors (Lipinski definition) is 0. The van der Waals surface area contributed by atoms with Crippen molar-refractivity contribution in [3.8, 4) is 28.8 Å². The Kier molecular flexibility index (Phi) is 4.72. The molecule has 0 bridgehead atoms. The Morgan fingerprint density at radius 1 is 1.25 bits per heavy atom. The zero-order chi connectivity index (χ0) is 17.1. The van der Waals surface area contributed by atoms with E-state index < -0.39 is 0 Å². The number of nitrogens with zero attached hydrogens (tertiary/aromatic N) is 4. The fraction of sp³-hybridized carbons (Fsp3) is 0.444. The molecule has 1 aromatic carbocycles. The maximum Gasteiger partial charge on any atom is 0.161 e. The Bertz CT molecular complexity index is 776. The van der Waals surface area contributed by atoms with Gasteiger partial charge in [0.2, 0.25) is 0 Å². The molecular formula is C18H22N4O2. The van der Waals surface area contributed by atoms with Gasteiger partial charge in [-0.05, 0) is 25.2 Å². The highest BCUT2D eigenvalue weighted by Crippen LogP contribution is 2.35. The van der Waals surface area contributed by atoms with E-state index >= 15 is 0 Å². The minimum Gasteiger partial charge on any atom is -0.493 e. The first-order valence-electron chi connectivity index (χ1n) is 8.04. The molecule has 126 valence electrons. The van der Waals surface area contributed by atoms with Gasteiger partial charge in [-0.3, -0.25) is 4.68 Å². The normalized spacial score (nSPS) is 14.1. The Hall–Kier alpha value is -2.52. The van der Waals surface area contributed by atoms with Crippen molar-refractivity contribution in [1.82, 2.24) is 14.7 Å². The van der Waals surface area contributed by atoms with Crippen LogP contribution in [0.5, 0.6) is 11.5 Å². The van der Waals surface area contributed by atoms with Gasteiger partial charge in [-0.25, -0.2) is 0 Å². The average molecular weight is 326 g/mol. The van der Waals surface area contributed by atoms with Crippen LogP contribution in [0.25, 0.3) is 11.3 Å². The van der Waals surface area contributed by atoms with Crippen LogP contribution in [0.15, 0.2) is 18.2 Å². The third-order valence-electron chi connectivity index (χ3n) is 4.42. The van der Waals surface area contributed by atoms with Crippen molar-refractivity contribution in [2.45, 2.75) is 25.9 Å². The zero-order valence-electron chi connectivity index (χ0n) is 14.4. The van der Waals surface area contributed by atoms with E-state index in [0.29, 0.717) is 24.5 Å². The number of hydrogen-bond acceptors (Lipinski definition) is 5. The van der Waals surface area contributed by atoms with E-state index in [1.807, 2.05) is 22.9 Å². The number of aryl methyl sites for hydroxylation is 1. The van der Waals surface area contributed by atoms with Crippen LogP contribution in [0.3, 0.4) is 0 Å². The molecular weight excluding hydrogens is 304 g/mol. The van der Waals surface area contributed by atoms with Crippen LogP contribution in [-0.4, -0.2) is 42.5 Å². The molecule has 0 atom stereocenters. The van der Waals surface area contributed by atoms with Gasteiger partial charge in [0.1, 0.15) is 0 Å². The Morgan fingerprint density at radius 2 is 2.04 bits per heavy atom. The number of benzene rings is 1. The molecule has 1 aliphatic rings. The van der Waals surface area contributed by atoms with E-state index in [4.69, 9.17) is 19.8 Å². The van der Waals surface area contributed by atoms with Crippen LogP contribution < -0.4 is 9.47 Å². The van der Waals surface area contributed by atoms with Crippen molar-refractivity contribution in [3.63, 3.8) is 0 Å². The fourth-order valence-corrected chi connectivity index (χ4v) is 3.18. The zero-order valence-corrected chi connectivity index (χ0v) is 14.4. The number of nitriles is 1. The highest BCUT2D eigenvalue weighted by molar-refractivity contribution is 5.68. The molecule has 6 heteroatoms. The monoisotopic (exact) mass is 326 g/mol. The quantitative estimate of drug-likeness (QED) is 0.844. The number of fused-ring (bicyclic) bond motifs is 1. The van der Waals surface area contributed by atoms with Gasteiger partial charge >= 0.3 is 0 Å². The molecule has 2 aromatic rings. The molecule has 0 fully saturated rings. The second-order valence-corrected chi connectivity index (χ2v) is 5.96. The first kappa shape index (κ1) is 16.3. The van der Waals surface area contributed by atoms with Gasteiger partial charge in [-0.1, -0.05) is 0 Å². The summed E-state index contributed by atoms with van der Waals surface area (Å²) in [5, 5.41) is 13.7. The first-order chi connectivity index (χ1) is 11.7. The second kappa shape index (κ2) is 6.93. The lowest BCUT2D eigenvalue weighted by Crippen LogP contribution is -2.27. The standard InChI is InChI=1S/C18H22N4O2/c1-21-10-7-15-14(12-21)18(20-22(15)9-4-8-19)13-5-6-16(23-2)17(11-13)24-3/h5-6,11H,4,7,9-10,12H2,1-3H3. The summed E-state index contributed by atoms with van der Waals surface area (Å²) in [5.41, 5.74) is 4.47. The molecule has 0 N–H and O–H groups in total. The van der Waals surface area contributed by atoms with Crippen molar-refractivity contribution >= 4 is 0 Å². The van der Waals surface area contributed by atoms with Crippen molar-refractivity contribution in [3.05, 3.63) is 29.5 Å². The van der Waals surface area contributed by atoms with Gasteiger partial charge in [0.05, 0.1) is 38.9 Å². The number of aromatic nitrogens is 2. The van der Waals surface area contributed by atoms with Gasteiger partial charge < -0.3 is 14.4 Å². The topological polar surface area (TPSA) is 63.3 Å². The molecule has 0 spiro atoms. The minimum atomic E-state index is 0.468. The van der Waals surface area contributed by atoms with Gasteiger partial charge in [0, 0.05) is 36.3 Å². The summed E-state index contributed by atoms with van der Waals surface area (Å²) in [6.07, 6.45) is 1.42. The van der Waals surface area contributed by atoms with Gasteiger partial charge in [0.15, 0.2) is 11.5 Å². The van der Waals surface area contributed by atoms with E-state index in [9.17, 15) is 0 Å². The lowest BCUT2D eigenvalue weighted by atomic mass is 10.0. The third-order valence-corrected chi connectivity index (χ3v) is 4.42. The number of methoxy groups -OCH3 is 2. The lowest BCUT2D eigenvalue weighted by molar-refractivity contribution is 0.307. The number of rotatable bonds is 5. The number of likely N-dealkylation sites (N-methyl/N-ethyl adjacent to an activating group) is 1. The van der Waals surface area contributed by atoms with Crippen molar-refractivity contribution in [1.29, 1.82) is 5.26 Å². The molecule has 24 heavy (non-hydrogen) atoms. The van der Waals surface area contributed by atoms with Crippen LogP contribution in [0, 0.1) is 11.3 Å². The van der Waals surface area contributed by atoms with Crippen molar-refractivity contribution in [2.24, 2.45) is 0 Å². The molecule has 1 aliphatic heterocycles. The third kappa shape index (κ3) is 2.95. The summed E-state index contributed by atoms with van der Waals surface area (Å²) in [4.78, 5) is 2.29. The summed E-state index contributed by atoms with van der Waals surface area (Å²) in [6.45, 7) is 2.51. The van der Waals surface area contributed by atoms with Crippen molar-refractivity contribution in [2.75, 3.05) is 27.8 Å². The maximum absolute atomic E-state index is 8.89. The average Bonchev–Trinajstić information content (AvgIpc) is 2.97. The fourth-order valence-electron chi connectivity index (χ4n) is 3.18. The Morgan fingerprint density at radius 3 is 2.75 bits per heavy atom. The van der Waals surface area contributed by atoms with Gasteiger partial charge in [-0.2, -0.15) is 10.4 Å². The van der Waals surface area contributed by atoms with E-state index in [1.165, 1.54) is 11.3 Å².